The fraction of sp³-hybridized carbons (Fsp3) is 0.185. The molecule has 0 atom stereocenters. The average Bonchev–Trinajstić information content (AvgIpc) is 3.92. The summed E-state index contributed by atoms with van der Waals surface area (Å²) in [6.07, 6.45) is 5.49. The van der Waals surface area contributed by atoms with Gasteiger partial charge >= 0.3 is 0 Å². The molecule has 72 heavy (non-hydrogen) atoms. The van der Waals surface area contributed by atoms with Crippen molar-refractivity contribution in [2.24, 2.45) is 0 Å². The van der Waals surface area contributed by atoms with Crippen molar-refractivity contribution in [1.82, 2.24) is 19.1 Å². The van der Waals surface area contributed by atoms with Crippen LogP contribution in [0.1, 0.15) is 79.0 Å². The van der Waals surface area contributed by atoms with E-state index >= 15 is 0 Å². The molecule has 0 N–H and O–H groups in total. The third kappa shape index (κ3) is 7.97. The van der Waals surface area contributed by atoms with Gasteiger partial charge in [0, 0.05) is 50.0 Å². The number of hydrogen-bond donors (Lipinski definition) is 0. The van der Waals surface area contributed by atoms with Gasteiger partial charge in [-0.3, -0.25) is 0 Å². The van der Waals surface area contributed by atoms with Crippen LogP contribution in [0.15, 0.2) is 170 Å². The number of hydrogen-bond acceptors (Lipinski definition) is 4. The molecule has 11 aromatic rings. The second-order valence-electron chi connectivity index (χ2n) is 22.1. The van der Waals surface area contributed by atoms with Crippen LogP contribution in [0.3, 0.4) is 0 Å². The van der Waals surface area contributed by atoms with Gasteiger partial charge in [0.1, 0.15) is 5.82 Å². The van der Waals surface area contributed by atoms with Gasteiger partial charge in [0.25, 0.3) is 0 Å². The van der Waals surface area contributed by atoms with Crippen LogP contribution >= 0.6 is 0 Å². The molecule has 0 aliphatic carbocycles. The zero-order chi connectivity index (χ0) is 49.0. The molecular formula is C65H56N5OPt-3. The topological polar surface area (TPSA) is 48.1 Å². The Bertz CT molecular complexity index is 4000. The van der Waals surface area contributed by atoms with E-state index in [4.69, 9.17) is 14.7 Å². The number of anilines is 2. The van der Waals surface area contributed by atoms with E-state index in [-0.39, 0.29) is 37.3 Å². The van der Waals surface area contributed by atoms with Crippen molar-refractivity contribution in [3.8, 4) is 28.4 Å². The number of fused-ring (bicyclic) bond motifs is 10. The molecule has 7 aromatic carbocycles. The van der Waals surface area contributed by atoms with Gasteiger partial charge in [-0.05, 0) is 130 Å². The van der Waals surface area contributed by atoms with E-state index in [2.05, 4.69) is 241 Å². The minimum Gasteiger partial charge on any atom is -0.508 e. The molecule has 0 bridgehead atoms. The number of pyridine rings is 2. The number of ether oxygens (including phenoxy) is 1. The second kappa shape index (κ2) is 17.4. The molecule has 1 aliphatic heterocycles. The molecular weight excluding hydrogens is 1060 g/mol. The smallest absolute Gasteiger partial charge is 0.135 e. The molecule has 0 saturated heterocycles. The Kier molecular flexibility index (Phi) is 11.4. The van der Waals surface area contributed by atoms with Crippen molar-refractivity contribution in [3.05, 3.63) is 206 Å². The van der Waals surface area contributed by atoms with Crippen molar-refractivity contribution in [1.29, 1.82) is 0 Å². The standard InChI is InChI=1S/C65H56N5O.Pt/c1-63(2,3)42-30-31-67-60(35-42)70-57-26-15-14-22-53(57)54-29-28-46(37-59(54)70)71-47-36-45(38-66-39-47)68-40-69-61-48(41-32-43(64(4,5)6)34-44(33-41)65(7,8)9)23-16-24-55(61)51-20-12-10-18-49(51)50-19-11-13-21-52(50)56-25-17-27-58(68)62(56)69;/h10-35,38-40H,1-9H3;/q-3;. The number of para-hydroxylation sites is 3. The molecule has 12 rings (SSSR count). The van der Waals surface area contributed by atoms with Crippen LogP contribution in [0.25, 0.3) is 82.1 Å². The maximum atomic E-state index is 6.72. The molecule has 0 spiro atoms. The third-order valence-corrected chi connectivity index (χ3v) is 14.2. The first kappa shape index (κ1) is 47.0. The van der Waals surface area contributed by atoms with Crippen molar-refractivity contribution >= 4 is 76.5 Å². The summed E-state index contributed by atoms with van der Waals surface area (Å²) < 4.78 is 11.3. The molecule has 0 saturated carbocycles. The van der Waals surface area contributed by atoms with E-state index < -0.39 is 0 Å². The Morgan fingerprint density at radius 1 is 0.500 bits per heavy atom. The van der Waals surface area contributed by atoms with Gasteiger partial charge in [-0.2, -0.15) is 6.07 Å². The summed E-state index contributed by atoms with van der Waals surface area (Å²) in [7, 11) is 0. The van der Waals surface area contributed by atoms with Gasteiger partial charge < -0.3 is 23.8 Å². The molecule has 1 aliphatic rings. The zero-order valence-corrected chi connectivity index (χ0v) is 44.5. The zero-order valence-electron chi connectivity index (χ0n) is 42.2. The van der Waals surface area contributed by atoms with Crippen LogP contribution in [-0.2, 0) is 37.3 Å². The van der Waals surface area contributed by atoms with E-state index in [1.165, 1.54) is 43.8 Å². The first-order chi connectivity index (χ1) is 34.1. The molecule has 0 radical (unpaired) electrons. The Balaban J connectivity index is 0.00000560. The summed E-state index contributed by atoms with van der Waals surface area (Å²) in [5.74, 6) is 1.88. The van der Waals surface area contributed by atoms with Crippen molar-refractivity contribution < 1.29 is 25.8 Å². The van der Waals surface area contributed by atoms with Gasteiger partial charge in [-0.15, -0.1) is 23.6 Å². The minimum absolute atomic E-state index is 0. The van der Waals surface area contributed by atoms with Gasteiger partial charge in [0.15, 0.2) is 0 Å². The Morgan fingerprint density at radius 3 is 1.74 bits per heavy atom. The number of aromatic nitrogens is 4. The van der Waals surface area contributed by atoms with Gasteiger partial charge in [0.05, 0.1) is 0 Å². The maximum absolute atomic E-state index is 6.72. The summed E-state index contributed by atoms with van der Waals surface area (Å²) in [4.78, 5) is 11.9. The fourth-order valence-electron chi connectivity index (χ4n) is 10.4. The minimum atomic E-state index is -0.0611. The predicted molar refractivity (Wildman–Crippen MR) is 296 cm³/mol. The molecule has 0 unspecified atom stereocenters. The molecule has 6 nitrogen and oxygen atoms in total. The summed E-state index contributed by atoms with van der Waals surface area (Å²) in [6.45, 7) is 22.8. The number of rotatable bonds is 5. The first-order valence-electron chi connectivity index (χ1n) is 24.6. The van der Waals surface area contributed by atoms with E-state index in [1.54, 1.807) is 6.20 Å². The summed E-state index contributed by atoms with van der Waals surface area (Å²) in [5.41, 5.74) is 11.9. The summed E-state index contributed by atoms with van der Waals surface area (Å²) >= 11 is 0. The summed E-state index contributed by atoms with van der Waals surface area (Å²) in [6, 6.07) is 62.5. The summed E-state index contributed by atoms with van der Waals surface area (Å²) in [5, 5.41) is 9.21. The molecule has 5 heterocycles. The van der Waals surface area contributed by atoms with E-state index in [9.17, 15) is 0 Å². The van der Waals surface area contributed by atoms with Gasteiger partial charge in [-0.25, -0.2) is 4.98 Å². The number of benzene rings is 7. The second-order valence-corrected chi connectivity index (χ2v) is 22.1. The van der Waals surface area contributed by atoms with E-state index in [0.717, 1.165) is 66.4 Å². The molecule has 4 aromatic heterocycles. The van der Waals surface area contributed by atoms with Gasteiger partial charge in [0.2, 0.25) is 0 Å². The van der Waals surface area contributed by atoms with E-state index in [0.29, 0.717) is 11.5 Å². The van der Waals surface area contributed by atoms with Crippen molar-refractivity contribution in [2.45, 2.75) is 78.6 Å². The van der Waals surface area contributed by atoms with E-state index in [1.807, 2.05) is 18.5 Å². The van der Waals surface area contributed by atoms with Crippen molar-refractivity contribution in [3.63, 3.8) is 0 Å². The maximum Gasteiger partial charge on any atom is 0.135 e. The van der Waals surface area contributed by atoms with Crippen LogP contribution in [0.4, 0.5) is 11.4 Å². The average molecular weight is 1120 g/mol. The number of nitrogens with zero attached hydrogens (tertiary/aromatic N) is 5. The first-order valence-corrected chi connectivity index (χ1v) is 24.6. The predicted octanol–water partition coefficient (Wildman–Crippen LogP) is 17.2. The molecule has 0 amide bonds. The van der Waals surface area contributed by atoms with Crippen LogP contribution in [0, 0.1) is 18.8 Å². The third-order valence-electron chi connectivity index (χ3n) is 14.2. The Labute approximate surface area is 436 Å². The Hall–Kier alpha value is -7.40. The van der Waals surface area contributed by atoms with Crippen LogP contribution in [-0.4, -0.2) is 19.1 Å². The van der Waals surface area contributed by atoms with Gasteiger partial charge in [-0.1, -0.05) is 195 Å². The molecule has 360 valence electrons. The molecule has 0 fully saturated rings. The quantitative estimate of drug-likeness (QED) is 0.161. The van der Waals surface area contributed by atoms with Crippen LogP contribution in [0.2, 0.25) is 0 Å². The van der Waals surface area contributed by atoms with Crippen molar-refractivity contribution in [2.75, 3.05) is 4.90 Å². The van der Waals surface area contributed by atoms with Crippen LogP contribution in [0.5, 0.6) is 11.5 Å². The fourth-order valence-corrected chi connectivity index (χ4v) is 10.4. The molecule has 7 heteroatoms. The largest absolute Gasteiger partial charge is 0.508 e. The Morgan fingerprint density at radius 2 is 1.08 bits per heavy atom. The SMILES string of the molecule is CC(C)(C)c1cc(-c2cccc3c4ccccc4c4ccccc4c4cccc5c4n(c23)[CH-]N5c2[c-]c(Oc3[c-]c4c(cc3)c3ccccc3n4-c3cc(C(C)(C)C)ccn3)cnc2)cc(C(C)(C)C)c1.[Pt]. The monoisotopic (exact) mass is 1120 g/mol. The normalized spacial score (nSPS) is 12.8. The van der Waals surface area contributed by atoms with Crippen LogP contribution < -0.4 is 9.64 Å².